The quantitative estimate of drug-likeness (QED) is 0.485. The van der Waals surface area contributed by atoms with Gasteiger partial charge >= 0.3 is 5.97 Å². The van der Waals surface area contributed by atoms with Gasteiger partial charge in [0.15, 0.2) is 5.65 Å². The molecule has 9 heteroatoms. The molecule has 31 heavy (non-hydrogen) atoms. The van der Waals surface area contributed by atoms with E-state index < -0.39 is 11.9 Å². The van der Waals surface area contributed by atoms with Gasteiger partial charge in [-0.25, -0.2) is 14.8 Å². The minimum absolute atomic E-state index is 0.0862. The summed E-state index contributed by atoms with van der Waals surface area (Å²) in [7, 11) is 2.88. The predicted molar refractivity (Wildman–Crippen MR) is 117 cm³/mol. The Hall–Kier alpha value is -4.14. The van der Waals surface area contributed by atoms with Crippen LogP contribution in [0.15, 0.2) is 30.3 Å². The summed E-state index contributed by atoms with van der Waals surface area (Å²) in [5.41, 5.74) is 16.5. The van der Waals surface area contributed by atoms with Crippen molar-refractivity contribution >= 4 is 39.9 Å². The maximum Gasteiger partial charge on any atom is 0.337 e. The van der Waals surface area contributed by atoms with Gasteiger partial charge in [0.05, 0.1) is 36.5 Å². The Balaban J connectivity index is 2.15. The third-order valence-electron chi connectivity index (χ3n) is 5.29. The maximum absolute atomic E-state index is 12.3. The highest BCUT2D eigenvalue weighted by atomic mass is 16.5. The molecule has 0 saturated carbocycles. The molecule has 0 aliphatic carbocycles. The molecule has 0 aliphatic heterocycles. The van der Waals surface area contributed by atoms with Crippen LogP contribution < -0.4 is 16.2 Å². The molecule has 0 unspecified atom stereocenters. The number of carbonyl (C=O) groups is 2. The third kappa shape index (κ3) is 3.02. The number of amides is 1. The summed E-state index contributed by atoms with van der Waals surface area (Å²) >= 11 is 0. The Morgan fingerprint density at radius 3 is 2.42 bits per heavy atom. The van der Waals surface area contributed by atoms with Gasteiger partial charge in [-0.15, -0.1) is 0 Å². The van der Waals surface area contributed by atoms with E-state index in [-0.39, 0.29) is 16.9 Å². The zero-order chi connectivity index (χ0) is 22.4. The summed E-state index contributed by atoms with van der Waals surface area (Å²) < 4.78 is 11.9. The van der Waals surface area contributed by atoms with Gasteiger partial charge in [0.1, 0.15) is 22.6 Å². The van der Waals surface area contributed by atoms with E-state index >= 15 is 0 Å². The molecule has 0 atom stereocenters. The van der Waals surface area contributed by atoms with Crippen LogP contribution in [0.25, 0.3) is 27.9 Å². The first kappa shape index (κ1) is 20.1. The van der Waals surface area contributed by atoms with E-state index in [0.717, 1.165) is 11.1 Å². The van der Waals surface area contributed by atoms with E-state index in [2.05, 4.69) is 4.98 Å². The molecule has 0 aliphatic rings. The monoisotopic (exact) mass is 419 g/mol. The van der Waals surface area contributed by atoms with E-state index in [9.17, 15) is 9.59 Å². The molecule has 158 valence electrons. The van der Waals surface area contributed by atoms with E-state index in [1.165, 1.54) is 7.11 Å². The van der Waals surface area contributed by atoms with Crippen molar-refractivity contribution in [3.05, 3.63) is 52.6 Å². The van der Waals surface area contributed by atoms with Gasteiger partial charge in [-0.2, -0.15) is 0 Å². The lowest BCUT2D eigenvalue weighted by Crippen LogP contribution is -2.14. The van der Waals surface area contributed by atoms with E-state index in [4.69, 9.17) is 25.9 Å². The van der Waals surface area contributed by atoms with Crippen LogP contribution in [0.3, 0.4) is 0 Å². The first-order chi connectivity index (χ1) is 14.8. The highest BCUT2D eigenvalue weighted by Crippen LogP contribution is 2.36. The minimum Gasteiger partial charge on any atom is -0.496 e. The zero-order valence-electron chi connectivity index (χ0n) is 17.5. The van der Waals surface area contributed by atoms with Crippen molar-refractivity contribution in [2.75, 3.05) is 20.0 Å². The second-order valence-corrected chi connectivity index (χ2v) is 7.11. The number of anilines is 1. The van der Waals surface area contributed by atoms with Crippen LogP contribution in [-0.4, -0.2) is 40.6 Å². The molecule has 0 bridgehead atoms. The Bertz CT molecular complexity index is 1390. The van der Waals surface area contributed by atoms with Crippen molar-refractivity contribution in [3.63, 3.8) is 0 Å². The molecule has 4 N–H and O–H groups in total. The standard InChI is InChI=1S/C22H21N5O4/c1-10-5-8-15(30-3)11(2)18(10)27-19(23)16(20(24)28)17-21(27)26-14-9-12(22(29)31-4)6-7-13(14)25-17/h5-9H,23H2,1-4H3,(H2,24,28). The van der Waals surface area contributed by atoms with Gasteiger partial charge in [0.2, 0.25) is 0 Å². The van der Waals surface area contributed by atoms with Crippen LogP contribution in [-0.2, 0) is 4.74 Å². The van der Waals surface area contributed by atoms with Gasteiger partial charge in [-0.05, 0) is 43.7 Å². The number of hydrogen-bond donors (Lipinski definition) is 2. The number of primary amides is 1. The van der Waals surface area contributed by atoms with E-state index in [0.29, 0.717) is 33.7 Å². The SMILES string of the molecule is COC(=O)c1ccc2nc3c(C(N)=O)c(N)n(-c4c(C)ccc(OC)c4C)c3nc2c1. The van der Waals surface area contributed by atoms with Crippen LogP contribution in [0, 0.1) is 13.8 Å². The Morgan fingerprint density at radius 2 is 1.77 bits per heavy atom. The summed E-state index contributed by atoms with van der Waals surface area (Å²) in [6, 6.07) is 8.54. The molecule has 1 amide bonds. The van der Waals surface area contributed by atoms with Crippen molar-refractivity contribution in [3.8, 4) is 11.4 Å². The summed E-state index contributed by atoms with van der Waals surface area (Å²) in [5, 5.41) is 0. The molecule has 2 heterocycles. The molecule has 4 aromatic rings. The summed E-state index contributed by atoms with van der Waals surface area (Å²) in [6.07, 6.45) is 0. The number of benzene rings is 2. The number of fused-ring (bicyclic) bond motifs is 2. The fourth-order valence-electron chi connectivity index (χ4n) is 3.81. The molecule has 4 rings (SSSR count). The number of nitrogen functional groups attached to an aromatic ring is 1. The van der Waals surface area contributed by atoms with Gasteiger partial charge in [-0.3, -0.25) is 9.36 Å². The molecule has 0 fully saturated rings. The van der Waals surface area contributed by atoms with Crippen LogP contribution in [0.4, 0.5) is 5.82 Å². The second kappa shape index (κ2) is 7.28. The van der Waals surface area contributed by atoms with E-state index in [1.807, 2.05) is 26.0 Å². The third-order valence-corrected chi connectivity index (χ3v) is 5.29. The van der Waals surface area contributed by atoms with Gasteiger partial charge in [-0.1, -0.05) is 6.07 Å². The van der Waals surface area contributed by atoms with Crippen LogP contribution in [0.5, 0.6) is 5.75 Å². The first-order valence-corrected chi connectivity index (χ1v) is 9.42. The van der Waals surface area contributed by atoms with Crippen molar-refractivity contribution in [2.45, 2.75) is 13.8 Å². The molecule has 2 aromatic heterocycles. The van der Waals surface area contributed by atoms with Crippen LogP contribution >= 0.6 is 0 Å². The lowest BCUT2D eigenvalue weighted by Gasteiger charge is -2.16. The fraction of sp³-hybridized carbons (Fsp3) is 0.182. The number of rotatable bonds is 4. The number of aromatic nitrogens is 3. The Kier molecular flexibility index (Phi) is 4.73. The van der Waals surface area contributed by atoms with Crippen molar-refractivity contribution in [1.29, 1.82) is 0 Å². The average Bonchev–Trinajstić information content (AvgIpc) is 3.02. The summed E-state index contributed by atoms with van der Waals surface area (Å²) in [6.45, 7) is 3.81. The van der Waals surface area contributed by atoms with Gasteiger partial charge in [0.25, 0.3) is 5.91 Å². The Labute approximate surface area is 177 Å². The lowest BCUT2D eigenvalue weighted by molar-refractivity contribution is 0.0600. The molecule has 2 aromatic carbocycles. The number of aryl methyl sites for hydroxylation is 1. The highest BCUT2D eigenvalue weighted by Gasteiger charge is 2.25. The number of nitrogens with zero attached hydrogens (tertiary/aromatic N) is 3. The van der Waals surface area contributed by atoms with Crippen molar-refractivity contribution in [2.24, 2.45) is 5.73 Å². The number of esters is 1. The second-order valence-electron chi connectivity index (χ2n) is 7.11. The smallest absolute Gasteiger partial charge is 0.337 e. The number of carbonyl (C=O) groups excluding carboxylic acids is 2. The maximum atomic E-state index is 12.3. The van der Waals surface area contributed by atoms with Gasteiger partial charge < -0.3 is 20.9 Å². The molecular formula is C22H21N5O4. The largest absolute Gasteiger partial charge is 0.496 e. The highest BCUT2D eigenvalue weighted by molar-refractivity contribution is 6.11. The normalized spacial score (nSPS) is 11.1. The summed E-state index contributed by atoms with van der Waals surface area (Å²) in [4.78, 5) is 33.5. The average molecular weight is 419 g/mol. The van der Waals surface area contributed by atoms with Crippen LogP contribution in [0.2, 0.25) is 0 Å². The fourth-order valence-corrected chi connectivity index (χ4v) is 3.81. The van der Waals surface area contributed by atoms with Crippen molar-refractivity contribution < 1.29 is 19.1 Å². The molecule has 9 nitrogen and oxygen atoms in total. The van der Waals surface area contributed by atoms with Crippen LogP contribution in [0.1, 0.15) is 31.8 Å². The number of nitrogens with two attached hydrogens (primary N) is 2. The molecule has 0 radical (unpaired) electrons. The number of methoxy groups -OCH3 is 2. The Morgan fingerprint density at radius 1 is 1.03 bits per heavy atom. The number of hydrogen-bond acceptors (Lipinski definition) is 7. The zero-order valence-corrected chi connectivity index (χ0v) is 17.5. The topological polar surface area (TPSA) is 135 Å². The summed E-state index contributed by atoms with van der Waals surface area (Å²) in [5.74, 6) is -0.412. The first-order valence-electron chi connectivity index (χ1n) is 9.42. The lowest BCUT2D eigenvalue weighted by atomic mass is 10.1. The number of ether oxygens (including phenoxy) is 2. The minimum atomic E-state index is -0.709. The molecule has 0 saturated heterocycles. The van der Waals surface area contributed by atoms with Gasteiger partial charge in [0, 0.05) is 5.56 Å². The van der Waals surface area contributed by atoms with E-state index in [1.54, 1.807) is 29.9 Å². The molecule has 0 spiro atoms. The predicted octanol–water partition coefficient (Wildman–Crippen LogP) is 2.67. The molecular weight excluding hydrogens is 398 g/mol. The van der Waals surface area contributed by atoms with Crippen molar-refractivity contribution in [1.82, 2.24) is 14.5 Å².